The zero-order valence-corrected chi connectivity index (χ0v) is 17.8. The van der Waals surface area contributed by atoms with Crippen LogP contribution in [0.25, 0.3) is 17.1 Å². The Kier molecular flexibility index (Phi) is 5.87. The molecular formula is C21H17ClN4O3S. The number of carbonyl (C=O) groups is 1. The number of nitrogens with zero attached hydrogens (tertiary/aromatic N) is 4. The summed E-state index contributed by atoms with van der Waals surface area (Å²) in [5.74, 6) is 1.43. The van der Waals surface area contributed by atoms with Crippen LogP contribution in [0.5, 0.6) is 0 Å². The summed E-state index contributed by atoms with van der Waals surface area (Å²) in [6.45, 7) is 1.96. The van der Waals surface area contributed by atoms with E-state index >= 15 is 0 Å². The number of pyridine rings is 1. The molecule has 3 aromatic heterocycles. The first-order valence-corrected chi connectivity index (χ1v) is 10.4. The van der Waals surface area contributed by atoms with Gasteiger partial charge in [-0.1, -0.05) is 29.4 Å². The molecule has 0 aliphatic heterocycles. The molecule has 0 spiro atoms. The molecule has 0 bridgehead atoms. The van der Waals surface area contributed by atoms with Gasteiger partial charge in [0.05, 0.1) is 18.6 Å². The van der Waals surface area contributed by atoms with Crippen molar-refractivity contribution in [2.45, 2.75) is 17.8 Å². The number of rotatable bonds is 6. The molecule has 0 amide bonds. The molecular weight excluding hydrogens is 424 g/mol. The molecule has 152 valence electrons. The zero-order valence-electron chi connectivity index (χ0n) is 16.2. The Labute approximate surface area is 182 Å². The van der Waals surface area contributed by atoms with E-state index in [0.717, 1.165) is 16.8 Å². The Bertz CT molecular complexity index is 1190. The van der Waals surface area contributed by atoms with Crippen molar-refractivity contribution < 1.29 is 13.9 Å². The van der Waals surface area contributed by atoms with Gasteiger partial charge in [-0.05, 0) is 48.9 Å². The predicted molar refractivity (Wildman–Crippen MR) is 114 cm³/mol. The fourth-order valence-corrected chi connectivity index (χ4v) is 3.92. The largest absolute Gasteiger partial charge is 0.463 e. The van der Waals surface area contributed by atoms with Crippen LogP contribution in [0.3, 0.4) is 0 Å². The predicted octanol–water partition coefficient (Wildman–Crippen LogP) is 4.96. The number of halogens is 1. The number of thioether (sulfide) groups is 1. The zero-order chi connectivity index (χ0) is 21.1. The van der Waals surface area contributed by atoms with Crippen LogP contribution < -0.4 is 0 Å². The lowest BCUT2D eigenvalue weighted by Crippen LogP contribution is -2.02. The van der Waals surface area contributed by atoms with Crippen LogP contribution in [0.4, 0.5) is 0 Å². The second kappa shape index (κ2) is 8.73. The summed E-state index contributed by atoms with van der Waals surface area (Å²) in [5.41, 5.74) is 2.69. The molecule has 9 heteroatoms. The maximum absolute atomic E-state index is 11.6. The van der Waals surface area contributed by atoms with E-state index in [2.05, 4.69) is 19.9 Å². The highest BCUT2D eigenvalue weighted by Crippen LogP contribution is 2.32. The molecule has 1 aromatic carbocycles. The molecule has 0 radical (unpaired) electrons. The first-order chi connectivity index (χ1) is 14.6. The third kappa shape index (κ3) is 3.96. The minimum Gasteiger partial charge on any atom is -0.463 e. The van der Waals surface area contributed by atoms with Crippen LogP contribution in [-0.4, -0.2) is 32.8 Å². The lowest BCUT2D eigenvalue weighted by atomic mass is 10.2. The minimum atomic E-state index is -0.510. The molecule has 0 N–H and O–H groups in total. The Morgan fingerprint density at radius 2 is 1.97 bits per heavy atom. The van der Waals surface area contributed by atoms with Gasteiger partial charge in [0.25, 0.3) is 0 Å². The highest BCUT2D eigenvalue weighted by atomic mass is 35.5. The number of methoxy groups -OCH3 is 1. The Balaban J connectivity index is 1.71. The number of furan rings is 1. The molecule has 0 saturated carbocycles. The highest BCUT2D eigenvalue weighted by molar-refractivity contribution is 7.98. The number of carbonyl (C=O) groups excluding carboxylic acids is 1. The van der Waals surface area contributed by atoms with E-state index in [9.17, 15) is 4.79 Å². The van der Waals surface area contributed by atoms with Gasteiger partial charge in [0, 0.05) is 23.0 Å². The van der Waals surface area contributed by atoms with Crippen LogP contribution in [-0.2, 0) is 10.5 Å². The topological polar surface area (TPSA) is 83.0 Å². The fourth-order valence-electron chi connectivity index (χ4n) is 2.91. The van der Waals surface area contributed by atoms with Gasteiger partial charge in [0.1, 0.15) is 5.76 Å². The van der Waals surface area contributed by atoms with Crippen molar-refractivity contribution in [1.82, 2.24) is 19.7 Å². The standard InChI is InChI=1S/C21H17ClN4O3S/c1-13-16(22)4-3-5-17(13)26-19(14-8-10-23-11-9-14)24-25-21(26)30-12-15-6-7-18(29-15)20(27)28-2/h3-11H,12H2,1-2H3. The van der Waals surface area contributed by atoms with Gasteiger partial charge in [-0.15, -0.1) is 10.2 Å². The lowest BCUT2D eigenvalue weighted by molar-refractivity contribution is 0.0563. The summed E-state index contributed by atoms with van der Waals surface area (Å²) in [7, 11) is 1.32. The molecule has 3 heterocycles. The Hall–Kier alpha value is -3.10. The highest BCUT2D eigenvalue weighted by Gasteiger charge is 2.19. The third-order valence-electron chi connectivity index (χ3n) is 4.44. The molecule has 4 aromatic rings. The van der Waals surface area contributed by atoms with Crippen molar-refractivity contribution in [2.75, 3.05) is 7.11 Å². The quantitative estimate of drug-likeness (QED) is 0.309. The maximum atomic E-state index is 11.6. The van der Waals surface area contributed by atoms with Crippen molar-refractivity contribution in [3.63, 3.8) is 0 Å². The number of benzene rings is 1. The molecule has 0 unspecified atom stereocenters. The van der Waals surface area contributed by atoms with E-state index in [1.165, 1.54) is 18.9 Å². The average molecular weight is 441 g/mol. The minimum absolute atomic E-state index is 0.165. The number of ether oxygens (including phenoxy) is 1. The monoisotopic (exact) mass is 440 g/mol. The molecule has 4 rings (SSSR count). The van der Waals surface area contributed by atoms with Crippen LogP contribution >= 0.6 is 23.4 Å². The number of aromatic nitrogens is 4. The smallest absolute Gasteiger partial charge is 0.373 e. The normalized spacial score (nSPS) is 10.9. The van der Waals surface area contributed by atoms with Crippen molar-refractivity contribution in [1.29, 1.82) is 0 Å². The first-order valence-electron chi connectivity index (χ1n) is 8.99. The lowest BCUT2D eigenvalue weighted by Gasteiger charge is -2.13. The van der Waals surface area contributed by atoms with Gasteiger partial charge >= 0.3 is 5.97 Å². The van der Waals surface area contributed by atoms with Crippen LogP contribution in [0, 0.1) is 6.92 Å². The molecule has 0 fully saturated rings. The molecule has 7 nitrogen and oxygen atoms in total. The van der Waals surface area contributed by atoms with E-state index in [1.54, 1.807) is 24.5 Å². The van der Waals surface area contributed by atoms with Gasteiger partial charge in [0.15, 0.2) is 11.0 Å². The summed E-state index contributed by atoms with van der Waals surface area (Å²) in [5, 5.41) is 10.1. The molecule has 0 saturated heterocycles. The second-order valence-corrected chi connectivity index (χ2v) is 7.66. The van der Waals surface area contributed by atoms with E-state index in [4.69, 9.17) is 16.0 Å². The average Bonchev–Trinajstić information content (AvgIpc) is 3.41. The van der Waals surface area contributed by atoms with Gasteiger partial charge in [-0.25, -0.2) is 4.79 Å². The summed E-state index contributed by atoms with van der Waals surface area (Å²) in [6.07, 6.45) is 3.42. The Morgan fingerprint density at radius 1 is 1.17 bits per heavy atom. The van der Waals surface area contributed by atoms with Gasteiger partial charge in [-0.3, -0.25) is 9.55 Å². The van der Waals surface area contributed by atoms with Crippen molar-refractivity contribution in [2.24, 2.45) is 0 Å². The van der Waals surface area contributed by atoms with Crippen molar-refractivity contribution in [3.8, 4) is 17.1 Å². The maximum Gasteiger partial charge on any atom is 0.373 e. The van der Waals surface area contributed by atoms with Crippen LogP contribution in [0.2, 0.25) is 5.02 Å². The van der Waals surface area contributed by atoms with Gasteiger partial charge in [0.2, 0.25) is 5.76 Å². The molecule has 30 heavy (non-hydrogen) atoms. The van der Waals surface area contributed by atoms with E-state index in [-0.39, 0.29) is 5.76 Å². The molecule has 0 atom stereocenters. The van der Waals surface area contributed by atoms with E-state index in [0.29, 0.717) is 27.5 Å². The fraction of sp³-hybridized carbons (Fsp3) is 0.143. The summed E-state index contributed by atoms with van der Waals surface area (Å²) < 4.78 is 12.2. The Morgan fingerprint density at radius 3 is 2.73 bits per heavy atom. The van der Waals surface area contributed by atoms with Crippen molar-refractivity contribution >= 4 is 29.3 Å². The van der Waals surface area contributed by atoms with E-state index < -0.39 is 5.97 Å². The van der Waals surface area contributed by atoms with E-state index in [1.807, 2.05) is 41.8 Å². The number of hydrogen-bond donors (Lipinski definition) is 0. The SMILES string of the molecule is COC(=O)c1ccc(CSc2nnc(-c3ccncc3)n2-c2cccc(Cl)c2C)o1. The third-order valence-corrected chi connectivity index (χ3v) is 5.80. The first kappa shape index (κ1) is 20.2. The number of hydrogen-bond acceptors (Lipinski definition) is 7. The summed E-state index contributed by atoms with van der Waals surface area (Å²) >= 11 is 7.81. The summed E-state index contributed by atoms with van der Waals surface area (Å²) in [6, 6.07) is 12.8. The van der Waals surface area contributed by atoms with Crippen LogP contribution in [0.15, 0.2) is 64.4 Å². The molecule has 0 aliphatic carbocycles. The van der Waals surface area contributed by atoms with Gasteiger partial charge < -0.3 is 9.15 Å². The number of esters is 1. The van der Waals surface area contributed by atoms with Crippen molar-refractivity contribution in [3.05, 3.63) is 77.0 Å². The van der Waals surface area contributed by atoms with Gasteiger partial charge in [-0.2, -0.15) is 0 Å². The molecule has 0 aliphatic rings. The van der Waals surface area contributed by atoms with Crippen LogP contribution in [0.1, 0.15) is 21.9 Å². The second-order valence-electron chi connectivity index (χ2n) is 6.31. The summed E-state index contributed by atoms with van der Waals surface area (Å²) in [4.78, 5) is 15.7.